The van der Waals surface area contributed by atoms with Crippen molar-refractivity contribution in [3.05, 3.63) is 0 Å². The molecule has 116 valence electrons. The van der Waals surface area contributed by atoms with E-state index in [2.05, 4.69) is 12.1 Å². The van der Waals surface area contributed by atoms with Crippen molar-refractivity contribution in [2.45, 2.75) is 46.1 Å². The van der Waals surface area contributed by atoms with Crippen LogP contribution in [-0.4, -0.2) is 48.2 Å². The van der Waals surface area contributed by atoms with Gasteiger partial charge in [-0.05, 0) is 32.1 Å². The molecule has 1 aliphatic rings. The van der Waals surface area contributed by atoms with Gasteiger partial charge in [-0.2, -0.15) is 0 Å². The number of ether oxygens (including phenoxy) is 1. The third-order valence-corrected chi connectivity index (χ3v) is 4.32. The molecule has 1 fully saturated rings. The van der Waals surface area contributed by atoms with Crippen LogP contribution in [-0.2, 0) is 9.53 Å². The van der Waals surface area contributed by atoms with Crippen LogP contribution in [0.4, 0.5) is 0 Å². The topological polar surface area (TPSA) is 88.2 Å². The Kier molecular flexibility index (Phi) is 5.80. The second-order valence-electron chi connectivity index (χ2n) is 5.83. The molecule has 0 bridgehead atoms. The number of carbonyl (C=O) groups is 1. The van der Waals surface area contributed by atoms with Gasteiger partial charge in [0.15, 0.2) is 5.84 Å². The maximum atomic E-state index is 12.9. The van der Waals surface area contributed by atoms with Gasteiger partial charge >= 0.3 is 0 Å². The zero-order valence-electron chi connectivity index (χ0n) is 12.9. The largest absolute Gasteiger partial charge is 0.409 e. The molecule has 3 N–H and O–H groups in total. The SMILES string of the molecule is CCC(C)N(CCOC)C(=O)C1(C(N)=NO)CC(C)C1. The van der Waals surface area contributed by atoms with Gasteiger partial charge in [0.25, 0.3) is 0 Å². The van der Waals surface area contributed by atoms with E-state index in [9.17, 15) is 4.79 Å². The average Bonchev–Trinajstić information content (AvgIpc) is 2.42. The highest BCUT2D eigenvalue weighted by atomic mass is 16.5. The Morgan fingerprint density at radius 3 is 2.60 bits per heavy atom. The Bertz CT molecular complexity index is 365. The van der Waals surface area contributed by atoms with E-state index >= 15 is 0 Å². The van der Waals surface area contributed by atoms with Crippen LogP contribution in [0.3, 0.4) is 0 Å². The molecule has 0 spiro atoms. The molecule has 6 nitrogen and oxygen atoms in total. The molecular formula is C14H27N3O3. The van der Waals surface area contributed by atoms with Crippen molar-refractivity contribution in [2.24, 2.45) is 22.2 Å². The number of amidine groups is 1. The molecule has 1 aliphatic carbocycles. The summed E-state index contributed by atoms with van der Waals surface area (Å²) in [5.74, 6) is 0.407. The summed E-state index contributed by atoms with van der Waals surface area (Å²) in [6, 6.07) is 0.108. The highest BCUT2D eigenvalue weighted by Gasteiger charge is 2.54. The molecule has 0 aromatic rings. The van der Waals surface area contributed by atoms with Crippen LogP contribution in [0.15, 0.2) is 5.16 Å². The summed E-state index contributed by atoms with van der Waals surface area (Å²) < 4.78 is 5.08. The van der Waals surface area contributed by atoms with Crippen molar-refractivity contribution in [1.29, 1.82) is 0 Å². The first-order valence-corrected chi connectivity index (χ1v) is 7.21. The third kappa shape index (κ3) is 3.06. The number of carbonyl (C=O) groups excluding carboxylic acids is 1. The number of rotatable bonds is 7. The van der Waals surface area contributed by atoms with Crippen LogP contribution in [0.25, 0.3) is 0 Å². The predicted octanol–water partition coefficient (Wildman–Crippen LogP) is 1.42. The molecule has 0 aliphatic heterocycles. The quantitative estimate of drug-likeness (QED) is 0.320. The molecule has 1 saturated carbocycles. The lowest BCUT2D eigenvalue weighted by Crippen LogP contribution is -2.59. The first-order chi connectivity index (χ1) is 9.42. The van der Waals surface area contributed by atoms with Crippen molar-refractivity contribution in [1.82, 2.24) is 4.90 Å². The van der Waals surface area contributed by atoms with E-state index in [0.29, 0.717) is 31.9 Å². The Balaban J connectivity index is 2.96. The zero-order chi connectivity index (χ0) is 15.3. The van der Waals surface area contributed by atoms with Crippen molar-refractivity contribution in [3.63, 3.8) is 0 Å². The fraction of sp³-hybridized carbons (Fsp3) is 0.857. The average molecular weight is 285 g/mol. The molecule has 1 rings (SSSR count). The van der Waals surface area contributed by atoms with Crippen LogP contribution < -0.4 is 5.73 Å². The van der Waals surface area contributed by atoms with Gasteiger partial charge in [0, 0.05) is 19.7 Å². The fourth-order valence-corrected chi connectivity index (χ4v) is 2.93. The highest BCUT2D eigenvalue weighted by molar-refractivity contribution is 6.07. The Morgan fingerprint density at radius 1 is 1.60 bits per heavy atom. The normalized spacial score (nSPS) is 27.8. The minimum Gasteiger partial charge on any atom is -0.409 e. The van der Waals surface area contributed by atoms with Gasteiger partial charge in [-0.1, -0.05) is 19.0 Å². The van der Waals surface area contributed by atoms with E-state index < -0.39 is 5.41 Å². The minimum absolute atomic E-state index is 0.0336. The summed E-state index contributed by atoms with van der Waals surface area (Å²) in [4.78, 5) is 14.7. The van der Waals surface area contributed by atoms with Crippen LogP contribution >= 0.6 is 0 Å². The molecule has 0 aromatic carbocycles. The molecule has 6 heteroatoms. The first kappa shape index (κ1) is 16.8. The van der Waals surface area contributed by atoms with Crippen LogP contribution in [0, 0.1) is 11.3 Å². The fourth-order valence-electron chi connectivity index (χ4n) is 2.93. The molecule has 0 aromatic heterocycles. The van der Waals surface area contributed by atoms with E-state index in [-0.39, 0.29) is 17.8 Å². The van der Waals surface area contributed by atoms with Gasteiger partial charge in [-0.3, -0.25) is 4.79 Å². The van der Waals surface area contributed by atoms with Crippen molar-refractivity contribution >= 4 is 11.7 Å². The first-order valence-electron chi connectivity index (χ1n) is 7.21. The van der Waals surface area contributed by atoms with E-state index in [1.807, 2.05) is 13.8 Å². The van der Waals surface area contributed by atoms with Crippen molar-refractivity contribution < 1.29 is 14.7 Å². The molecule has 1 unspecified atom stereocenters. The van der Waals surface area contributed by atoms with Gasteiger partial charge in [-0.25, -0.2) is 0 Å². The van der Waals surface area contributed by atoms with Gasteiger partial charge in [0.1, 0.15) is 5.41 Å². The summed E-state index contributed by atoms with van der Waals surface area (Å²) in [5.41, 5.74) is 4.98. The molecule has 20 heavy (non-hydrogen) atoms. The van der Waals surface area contributed by atoms with Crippen molar-refractivity contribution in [3.8, 4) is 0 Å². The second kappa shape index (κ2) is 6.92. The summed E-state index contributed by atoms with van der Waals surface area (Å²) in [6.45, 7) is 7.13. The molecule has 0 saturated heterocycles. The lowest BCUT2D eigenvalue weighted by atomic mass is 9.61. The summed E-state index contributed by atoms with van der Waals surface area (Å²) in [5, 5.41) is 12.1. The Morgan fingerprint density at radius 2 is 2.20 bits per heavy atom. The standard InChI is InChI=1S/C14H27N3O3/c1-5-11(3)17(6-7-20-4)13(18)14(12(15)16-19)8-10(2)9-14/h10-11,19H,5-9H2,1-4H3,(H2,15,16). The Hall–Kier alpha value is -1.30. The molecular weight excluding hydrogens is 258 g/mol. The number of oxime groups is 1. The number of nitrogens with zero attached hydrogens (tertiary/aromatic N) is 2. The molecule has 0 radical (unpaired) electrons. The number of amides is 1. The van der Waals surface area contributed by atoms with E-state index in [1.165, 1.54) is 0 Å². The number of methoxy groups -OCH3 is 1. The lowest BCUT2D eigenvalue weighted by Gasteiger charge is -2.47. The summed E-state index contributed by atoms with van der Waals surface area (Å²) >= 11 is 0. The van der Waals surface area contributed by atoms with Gasteiger partial charge in [0.05, 0.1) is 6.61 Å². The number of hydrogen-bond acceptors (Lipinski definition) is 4. The molecule has 0 heterocycles. The highest BCUT2D eigenvalue weighted by Crippen LogP contribution is 2.47. The number of hydrogen-bond donors (Lipinski definition) is 2. The smallest absolute Gasteiger partial charge is 0.236 e. The van der Waals surface area contributed by atoms with Crippen LogP contribution in [0.5, 0.6) is 0 Å². The van der Waals surface area contributed by atoms with Gasteiger partial charge in [-0.15, -0.1) is 0 Å². The third-order valence-electron chi connectivity index (χ3n) is 4.32. The van der Waals surface area contributed by atoms with E-state index in [1.54, 1.807) is 12.0 Å². The maximum absolute atomic E-state index is 12.9. The lowest BCUT2D eigenvalue weighted by molar-refractivity contribution is -0.147. The predicted molar refractivity (Wildman–Crippen MR) is 77.6 cm³/mol. The molecule has 1 atom stereocenters. The zero-order valence-corrected chi connectivity index (χ0v) is 12.9. The minimum atomic E-state index is -0.828. The number of nitrogens with two attached hydrogens (primary N) is 1. The maximum Gasteiger partial charge on any atom is 0.236 e. The molecule has 1 amide bonds. The summed E-state index contributed by atoms with van der Waals surface area (Å²) in [7, 11) is 1.62. The monoisotopic (exact) mass is 285 g/mol. The van der Waals surface area contributed by atoms with Crippen LogP contribution in [0.1, 0.15) is 40.0 Å². The second-order valence-corrected chi connectivity index (χ2v) is 5.83. The van der Waals surface area contributed by atoms with E-state index in [0.717, 1.165) is 6.42 Å². The Labute approximate surface area is 120 Å². The van der Waals surface area contributed by atoms with Crippen molar-refractivity contribution in [2.75, 3.05) is 20.3 Å². The van der Waals surface area contributed by atoms with E-state index in [4.69, 9.17) is 15.7 Å². The van der Waals surface area contributed by atoms with Gasteiger partial charge < -0.3 is 20.6 Å². The van der Waals surface area contributed by atoms with Gasteiger partial charge in [0.2, 0.25) is 5.91 Å². The van der Waals surface area contributed by atoms with Crippen LogP contribution in [0.2, 0.25) is 0 Å². The summed E-state index contributed by atoms with van der Waals surface area (Å²) in [6.07, 6.45) is 2.14.